The van der Waals surface area contributed by atoms with Gasteiger partial charge in [0.15, 0.2) is 0 Å². The van der Waals surface area contributed by atoms with Crippen molar-refractivity contribution >= 4 is 26.8 Å². The van der Waals surface area contributed by atoms with Gasteiger partial charge in [-0.1, -0.05) is 19.1 Å². The number of para-hydroxylation sites is 1. The third-order valence-corrected chi connectivity index (χ3v) is 8.15. The van der Waals surface area contributed by atoms with E-state index in [1.165, 1.54) is 16.7 Å². The monoisotopic (exact) mass is 454 g/mol. The fraction of sp³-hybridized carbons (Fsp3) is 0.348. The Kier molecular flexibility index (Phi) is 5.87. The molecule has 1 amide bonds. The van der Waals surface area contributed by atoms with Gasteiger partial charge in [-0.3, -0.25) is 15.0 Å². The Morgan fingerprint density at radius 3 is 2.53 bits per heavy atom. The van der Waals surface area contributed by atoms with Crippen molar-refractivity contribution < 1.29 is 13.2 Å². The van der Waals surface area contributed by atoms with Gasteiger partial charge in [0.05, 0.1) is 15.8 Å². The molecule has 0 atom stereocenters. The van der Waals surface area contributed by atoms with E-state index in [-0.39, 0.29) is 10.5 Å². The number of nitrogens with zero attached hydrogens (tertiary/aromatic N) is 3. The Balaban J connectivity index is 1.68. The van der Waals surface area contributed by atoms with Gasteiger partial charge >= 0.3 is 0 Å². The van der Waals surface area contributed by atoms with E-state index in [1.807, 2.05) is 0 Å². The van der Waals surface area contributed by atoms with Crippen LogP contribution in [-0.2, 0) is 10.0 Å². The standard InChI is InChI=1S/C23H26N4O4S/c1-15-8-10-26(11-9-15)32(30,31)21-13-18(12-16(2)17(21)3)22(28)25-27-14-24-20-7-5-4-6-19(20)23(27)29/h4-7,12-15H,8-11H2,1-3H3,(H,25,28). The number of hydrogen-bond acceptors (Lipinski definition) is 5. The molecule has 2 heterocycles. The molecule has 0 bridgehead atoms. The number of rotatable bonds is 4. The third-order valence-electron chi connectivity index (χ3n) is 6.13. The molecule has 8 nitrogen and oxygen atoms in total. The quantitative estimate of drug-likeness (QED) is 0.653. The molecular weight excluding hydrogens is 428 g/mol. The molecule has 0 aliphatic carbocycles. The number of aryl methyl sites for hydroxylation is 1. The molecule has 0 saturated carbocycles. The molecule has 4 rings (SSSR count). The number of benzene rings is 2. The van der Waals surface area contributed by atoms with Crippen molar-refractivity contribution in [2.24, 2.45) is 5.92 Å². The van der Waals surface area contributed by atoms with E-state index in [1.54, 1.807) is 44.2 Å². The Bertz CT molecular complexity index is 1360. The topological polar surface area (TPSA) is 101 Å². The highest BCUT2D eigenvalue weighted by molar-refractivity contribution is 7.89. The van der Waals surface area contributed by atoms with E-state index in [4.69, 9.17) is 0 Å². The fourth-order valence-corrected chi connectivity index (χ4v) is 5.71. The average Bonchev–Trinajstić information content (AvgIpc) is 2.77. The van der Waals surface area contributed by atoms with Crippen molar-refractivity contribution in [1.82, 2.24) is 14.0 Å². The molecule has 168 valence electrons. The normalized spacial score (nSPS) is 15.7. The predicted molar refractivity (Wildman–Crippen MR) is 123 cm³/mol. The zero-order valence-electron chi connectivity index (χ0n) is 18.3. The Labute approximate surface area is 186 Å². The lowest BCUT2D eigenvalue weighted by Crippen LogP contribution is -2.38. The maximum absolute atomic E-state index is 13.3. The Morgan fingerprint density at radius 1 is 1.12 bits per heavy atom. The molecule has 1 aromatic heterocycles. The summed E-state index contributed by atoms with van der Waals surface area (Å²) in [6, 6.07) is 9.86. The lowest BCUT2D eigenvalue weighted by molar-refractivity contribution is 0.101. The molecule has 9 heteroatoms. The van der Waals surface area contributed by atoms with Crippen LogP contribution in [0, 0.1) is 19.8 Å². The van der Waals surface area contributed by atoms with Gasteiger partial charge in [-0.2, -0.15) is 4.31 Å². The lowest BCUT2D eigenvalue weighted by atomic mass is 10.0. The fourth-order valence-electron chi connectivity index (χ4n) is 3.91. The number of amides is 1. The van der Waals surface area contributed by atoms with E-state index in [9.17, 15) is 18.0 Å². The summed E-state index contributed by atoms with van der Waals surface area (Å²) in [6.45, 7) is 6.57. The van der Waals surface area contributed by atoms with E-state index >= 15 is 0 Å². The zero-order chi connectivity index (χ0) is 23.0. The summed E-state index contributed by atoms with van der Waals surface area (Å²) in [5.74, 6) is -0.0914. The minimum absolute atomic E-state index is 0.126. The number of carbonyl (C=O) groups excluding carboxylic acids is 1. The summed E-state index contributed by atoms with van der Waals surface area (Å²) in [6.07, 6.45) is 2.88. The third kappa shape index (κ3) is 4.05. The molecule has 3 aromatic rings. The van der Waals surface area contributed by atoms with Crippen LogP contribution in [0.1, 0.15) is 41.3 Å². The first kappa shape index (κ1) is 22.2. The second kappa shape index (κ2) is 8.48. The first-order valence-electron chi connectivity index (χ1n) is 10.6. The minimum Gasteiger partial charge on any atom is -0.267 e. The lowest BCUT2D eigenvalue weighted by Gasteiger charge is -2.30. The zero-order valence-corrected chi connectivity index (χ0v) is 19.1. The molecule has 1 aliphatic rings. The summed E-state index contributed by atoms with van der Waals surface area (Å²) in [5, 5.41) is 0.373. The number of piperidine rings is 1. The SMILES string of the molecule is Cc1cc(C(=O)Nn2cnc3ccccc3c2=O)cc(S(=O)(=O)N2CCC(C)CC2)c1C. The molecule has 1 N–H and O–H groups in total. The molecule has 0 radical (unpaired) electrons. The highest BCUT2D eigenvalue weighted by Gasteiger charge is 2.30. The van der Waals surface area contributed by atoms with Crippen LogP contribution in [0.2, 0.25) is 0 Å². The molecule has 1 fully saturated rings. The maximum atomic E-state index is 13.3. The van der Waals surface area contributed by atoms with E-state index in [2.05, 4.69) is 17.3 Å². The number of carbonyl (C=O) groups is 1. The van der Waals surface area contributed by atoms with Crippen molar-refractivity contribution in [3.8, 4) is 0 Å². The summed E-state index contributed by atoms with van der Waals surface area (Å²) < 4.78 is 29.2. The van der Waals surface area contributed by atoms with Crippen molar-refractivity contribution in [1.29, 1.82) is 0 Å². The molecule has 32 heavy (non-hydrogen) atoms. The molecule has 1 aliphatic heterocycles. The number of fused-ring (bicyclic) bond motifs is 1. The largest absolute Gasteiger partial charge is 0.280 e. The van der Waals surface area contributed by atoms with Crippen LogP contribution in [0.3, 0.4) is 0 Å². The van der Waals surface area contributed by atoms with Gasteiger partial charge in [0.2, 0.25) is 10.0 Å². The van der Waals surface area contributed by atoms with Crippen LogP contribution in [0.4, 0.5) is 0 Å². The molecule has 2 aromatic carbocycles. The van der Waals surface area contributed by atoms with Crippen molar-refractivity contribution in [2.75, 3.05) is 18.5 Å². The van der Waals surface area contributed by atoms with Gasteiger partial charge in [0.1, 0.15) is 6.33 Å². The van der Waals surface area contributed by atoms with Crippen LogP contribution in [0.15, 0.2) is 52.4 Å². The number of aromatic nitrogens is 2. The Hall–Kier alpha value is -3.04. The van der Waals surface area contributed by atoms with E-state index in [0.717, 1.165) is 17.5 Å². The summed E-state index contributed by atoms with van der Waals surface area (Å²) in [4.78, 5) is 30.0. The predicted octanol–water partition coefficient (Wildman–Crippen LogP) is 2.82. The van der Waals surface area contributed by atoms with Gasteiger partial charge in [-0.15, -0.1) is 0 Å². The smallest absolute Gasteiger partial charge is 0.267 e. The highest BCUT2D eigenvalue weighted by atomic mass is 32.2. The minimum atomic E-state index is -3.73. The van der Waals surface area contributed by atoms with Crippen molar-refractivity contribution in [3.05, 3.63) is 69.8 Å². The van der Waals surface area contributed by atoms with Gasteiger partial charge in [0, 0.05) is 18.7 Å². The molecule has 0 unspecified atom stereocenters. The number of sulfonamides is 1. The van der Waals surface area contributed by atoms with Gasteiger partial charge in [-0.25, -0.2) is 18.1 Å². The first-order valence-corrected chi connectivity index (χ1v) is 12.0. The first-order chi connectivity index (χ1) is 15.2. The van der Waals surface area contributed by atoms with E-state index in [0.29, 0.717) is 41.0 Å². The summed E-state index contributed by atoms with van der Waals surface area (Å²) in [7, 11) is -3.73. The van der Waals surface area contributed by atoms with Crippen molar-refractivity contribution in [2.45, 2.75) is 38.5 Å². The average molecular weight is 455 g/mol. The van der Waals surface area contributed by atoms with Gasteiger partial charge < -0.3 is 0 Å². The highest BCUT2D eigenvalue weighted by Crippen LogP contribution is 2.28. The maximum Gasteiger partial charge on any atom is 0.280 e. The second-order valence-electron chi connectivity index (χ2n) is 8.38. The summed E-state index contributed by atoms with van der Waals surface area (Å²) in [5.41, 5.74) is 4.10. The van der Waals surface area contributed by atoms with Crippen LogP contribution in [0.25, 0.3) is 10.9 Å². The van der Waals surface area contributed by atoms with Crippen molar-refractivity contribution in [3.63, 3.8) is 0 Å². The van der Waals surface area contributed by atoms with Gasteiger partial charge in [0.25, 0.3) is 11.5 Å². The van der Waals surface area contributed by atoms with Crippen LogP contribution in [0.5, 0.6) is 0 Å². The van der Waals surface area contributed by atoms with Crippen LogP contribution >= 0.6 is 0 Å². The Morgan fingerprint density at radius 2 is 1.81 bits per heavy atom. The van der Waals surface area contributed by atoms with Crippen LogP contribution < -0.4 is 11.0 Å². The van der Waals surface area contributed by atoms with Crippen LogP contribution in [-0.4, -0.2) is 41.4 Å². The molecule has 0 spiro atoms. The van der Waals surface area contributed by atoms with E-state index < -0.39 is 21.5 Å². The molecule has 1 saturated heterocycles. The summed E-state index contributed by atoms with van der Waals surface area (Å²) >= 11 is 0. The number of nitrogens with one attached hydrogen (secondary N) is 1. The molecular formula is C23H26N4O4S. The number of hydrogen-bond donors (Lipinski definition) is 1. The second-order valence-corrected chi connectivity index (χ2v) is 10.3. The van der Waals surface area contributed by atoms with Gasteiger partial charge in [-0.05, 0) is 68.0 Å².